The van der Waals surface area contributed by atoms with Crippen LogP contribution in [0, 0.1) is 6.92 Å². The van der Waals surface area contributed by atoms with Crippen molar-refractivity contribution in [1.82, 2.24) is 0 Å². The van der Waals surface area contributed by atoms with E-state index in [-0.39, 0.29) is 17.5 Å². The quantitative estimate of drug-likeness (QED) is 0.168. The Morgan fingerprint density at radius 1 is 0.566 bits per heavy atom. The fourth-order valence-electron chi connectivity index (χ4n) is 9.00. The molecular weight excluding hydrogens is 659 g/mol. The molecule has 0 aliphatic carbocycles. The van der Waals surface area contributed by atoms with Crippen LogP contribution < -0.4 is 20.7 Å². The van der Waals surface area contributed by atoms with Crippen LogP contribution in [-0.2, 0) is 10.8 Å². The zero-order chi connectivity index (χ0) is 37.0. The summed E-state index contributed by atoms with van der Waals surface area (Å²) in [7, 11) is -1.23. The van der Waals surface area contributed by atoms with Crippen LogP contribution in [0.1, 0.15) is 69.4 Å². The van der Waals surface area contributed by atoms with Crippen molar-refractivity contribution in [2.75, 3.05) is 22.3 Å². The van der Waals surface area contributed by atoms with Crippen LogP contribution in [0.15, 0.2) is 143 Å². The highest BCUT2D eigenvalue weighted by Crippen LogP contribution is 2.69. The molecule has 4 heteroatoms. The van der Waals surface area contributed by atoms with Gasteiger partial charge in [-0.1, -0.05) is 114 Å². The summed E-state index contributed by atoms with van der Waals surface area (Å²) in [5.74, 6) is 0. The Morgan fingerprint density at radius 3 is 1.74 bits per heavy atom. The van der Waals surface area contributed by atoms with Crippen LogP contribution in [0.3, 0.4) is 0 Å². The van der Waals surface area contributed by atoms with Gasteiger partial charge in [0.25, 0.3) is 6.71 Å². The topological polar surface area (TPSA) is 6.48 Å². The summed E-state index contributed by atoms with van der Waals surface area (Å²) in [6, 6.07) is 50.8. The van der Waals surface area contributed by atoms with Gasteiger partial charge in [0.05, 0.1) is 0 Å². The van der Waals surface area contributed by atoms with Crippen LogP contribution in [0.4, 0.5) is 34.1 Å². The normalized spacial score (nSPS) is 15.9. The highest BCUT2D eigenvalue weighted by molar-refractivity contribution is 8.37. The second-order valence-corrected chi connectivity index (χ2v) is 21.1. The third-order valence-electron chi connectivity index (χ3n) is 11.7. The number of anilines is 6. The van der Waals surface area contributed by atoms with E-state index in [0.717, 1.165) is 17.1 Å². The van der Waals surface area contributed by atoms with E-state index in [2.05, 4.69) is 204 Å². The monoisotopic (exact) mass is 708 g/mol. The molecule has 2 nitrogen and oxygen atoms in total. The first kappa shape index (κ1) is 33.9. The lowest BCUT2D eigenvalue weighted by Crippen LogP contribution is -2.50. The van der Waals surface area contributed by atoms with Crippen molar-refractivity contribution in [2.24, 2.45) is 0 Å². The largest absolute Gasteiger partial charge is 0.311 e. The minimum absolute atomic E-state index is 0.0780. The van der Waals surface area contributed by atoms with Gasteiger partial charge in [-0.15, -0.1) is 0 Å². The van der Waals surface area contributed by atoms with Gasteiger partial charge in [0.1, 0.15) is 0 Å². The van der Waals surface area contributed by atoms with Gasteiger partial charge in [0.2, 0.25) is 0 Å². The fourth-order valence-corrected chi connectivity index (χ4v) is 11.9. The van der Waals surface area contributed by atoms with Gasteiger partial charge in [-0.25, -0.2) is 10.0 Å². The Morgan fingerprint density at radius 2 is 1.13 bits per heavy atom. The molecule has 0 saturated carbocycles. The first-order valence-electron chi connectivity index (χ1n) is 19.0. The number of nitrogens with zero attached hydrogens (tertiary/aromatic N) is 2. The van der Waals surface area contributed by atoms with Crippen molar-refractivity contribution in [3.8, 4) is 0 Å². The molecule has 3 heterocycles. The van der Waals surface area contributed by atoms with Gasteiger partial charge in [-0.3, -0.25) is 0 Å². The number of hydrogen-bond acceptors (Lipinski definition) is 2. The predicted octanol–water partition coefficient (Wildman–Crippen LogP) is 12.2. The van der Waals surface area contributed by atoms with Crippen molar-refractivity contribution in [3.63, 3.8) is 0 Å². The smallest absolute Gasteiger partial charge is 0.254 e. The first-order chi connectivity index (χ1) is 25.2. The number of aryl methyl sites for hydroxylation is 1. The third-order valence-corrected chi connectivity index (χ3v) is 14.7. The fraction of sp³-hybridized carbons (Fsp3) is 0.224. The number of hydrogen-bond donors (Lipinski definition) is 0. The Hall–Kier alpha value is -4.93. The lowest BCUT2D eigenvalue weighted by atomic mass is 9.40. The van der Waals surface area contributed by atoms with Crippen LogP contribution in [-0.4, -0.2) is 19.2 Å². The molecule has 3 aliphatic rings. The number of rotatable bonds is 4. The zero-order valence-corrected chi connectivity index (χ0v) is 33.4. The molecule has 6 aromatic carbocycles. The molecule has 53 heavy (non-hydrogen) atoms. The molecule has 264 valence electrons. The number of para-hydroxylation sites is 1. The summed E-state index contributed by atoms with van der Waals surface area (Å²) in [5.41, 5.74) is 18.5. The average Bonchev–Trinajstić information content (AvgIpc) is 3.59. The molecule has 6 aromatic rings. The standard InChI is InChI=1S/C49H49BN2S/c1-32-29-40-45-39-17-13-14-18-44(39)53(8,9)47(45)50-41-28-27-38(31-42(41)52(43(30-32)46(40)50)35-15-11-10-12-16-35)51(36-23-19-33(20-24-36)48(2,3)4)37-25-21-34(22-26-37)49(5,6)7/h10-31H,1-9H3. The Balaban J connectivity index is 1.29. The van der Waals surface area contributed by atoms with Gasteiger partial charge in [-0.05, 0) is 140 Å². The van der Waals surface area contributed by atoms with Crippen LogP contribution in [0.2, 0.25) is 0 Å². The average molecular weight is 709 g/mol. The molecule has 0 unspecified atom stereocenters. The van der Waals surface area contributed by atoms with Gasteiger partial charge < -0.3 is 9.80 Å². The van der Waals surface area contributed by atoms with Crippen molar-refractivity contribution in [1.29, 1.82) is 0 Å². The molecule has 9 rings (SSSR count). The lowest BCUT2D eigenvalue weighted by molar-refractivity contribution is 0.590. The Kier molecular flexibility index (Phi) is 7.54. The van der Waals surface area contributed by atoms with Crippen molar-refractivity contribution < 1.29 is 0 Å². The molecule has 0 bridgehead atoms. The highest BCUT2D eigenvalue weighted by Gasteiger charge is 2.51. The van der Waals surface area contributed by atoms with Gasteiger partial charge in [0.15, 0.2) is 0 Å². The second kappa shape index (κ2) is 11.8. The van der Waals surface area contributed by atoms with Crippen molar-refractivity contribution in [2.45, 2.75) is 64.2 Å². The summed E-state index contributed by atoms with van der Waals surface area (Å²) in [4.78, 5) is 8.13. The summed E-state index contributed by atoms with van der Waals surface area (Å²) >= 11 is 0. The second-order valence-electron chi connectivity index (χ2n) is 17.6. The summed E-state index contributed by atoms with van der Waals surface area (Å²) < 4.78 is 0. The minimum atomic E-state index is -1.23. The molecule has 0 amide bonds. The van der Waals surface area contributed by atoms with E-state index in [0.29, 0.717) is 0 Å². The highest BCUT2D eigenvalue weighted by atomic mass is 32.3. The van der Waals surface area contributed by atoms with Gasteiger partial charge in [0, 0.05) is 39.0 Å². The number of fused-ring (bicyclic) bond motifs is 6. The predicted molar refractivity (Wildman–Crippen MR) is 233 cm³/mol. The summed E-state index contributed by atoms with van der Waals surface area (Å²) in [6.45, 7) is 16.2. The maximum Gasteiger partial charge on any atom is 0.254 e. The third kappa shape index (κ3) is 5.24. The van der Waals surface area contributed by atoms with E-state index >= 15 is 0 Å². The molecular formula is C49H49BN2S. The van der Waals surface area contributed by atoms with E-state index in [4.69, 9.17) is 0 Å². The summed E-state index contributed by atoms with van der Waals surface area (Å²) in [5, 5.41) is 0. The Labute approximate surface area is 318 Å². The maximum atomic E-state index is 2.54. The van der Waals surface area contributed by atoms with Gasteiger partial charge >= 0.3 is 0 Å². The first-order valence-corrected chi connectivity index (χ1v) is 21.4. The van der Waals surface area contributed by atoms with Crippen LogP contribution in [0.25, 0.3) is 5.57 Å². The van der Waals surface area contributed by atoms with Crippen molar-refractivity contribution >= 4 is 67.4 Å². The molecule has 0 saturated heterocycles. The molecule has 0 radical (unpaired) electrons. The Bertz CT molecular complexity index is 2390. The molecule has 3 aliphatic heterocycles. The van der Waals surface area contributed by atoms with Gasteiger partial charge in [-0.2, -0.15) is 0 Å². The lowest BCUT2D eigenvalue weighted by Gasteiger charge is -2.41. The van der Waals surface area contributed by atoms with Crippen molar-refractivity contribution in [3.05, 3.63) is 166 Å². The van der Waals surface area contributed by atoms with Crippen LogP contribution >= 0.6 is 10.0 Å². The van der Waals surface area contributed by atoms with E-state index in [1.54, 1.807) is 4.80 Å². The zero-order valence-electron chi connectivity index (χ0n) is 32.6. The maximum absolute atomic E-state index is 2.54. The minimum Gasteiger partial charge on any atom is -0.311 e. The molecule has 0 atom stereocenters. The molecule has 0 fully saturated rings. The summed E-state index contributed by atoms with van der Waals surface area (Å²) in [6.07, 6.45) is 5.04. The molecule has 0 spiro atoms. The van der Waals surface area contributed by atoms with E-state index < -0.39 is 10.0 Å². The van der Waals surface area contributed by atoms with E-state index in [9.17, 15) is 0 Å². The van der Waals surface area contributed by atoms with E-state index in [1.165, 1.54) is 66.3 Å². The SMILES string of the molecule is Cc1cc2c3c(c1)N(c1ccccc1)c1cc(N(c4ccc(C(C)(C)C)cc4)c4ccc(C(C)(C)C)cc4)ccc1B3C1=C2c2ccccc2S1(C)C. The number of benzene rings is 6. The molecule has 0 N–H and O–H groups in total. The molecule has 0 aromatic heterocycles. The van der Waals surface area contributed by atoms with E-state index in [1.807, 2.05) is 0 Å². The van der Waals surface area contributed by atoms with Crippen LogP contribution in [0.5, 0.6) is 0 Å².